The quantitative estimate of drug-likeness (QED) is 0.798. The largest absolute Gasteiger partial charge is 0.313 e. The van der Waals surface area contributed by atoms with Crippen LogP contribution in [-0.4, -0.2) is 7.05 Å². The van der Waals surface area contributed by atoms with Crippen LogP contribution in [-0.2, 0) is 0 Å². The fraction of sp³-hybridized carbons (Fsp3) is 0.625. The molecule has 0 amide bonds. The zero-order valence-electron chi connectivity index (χ0n) is 12.1. The van der Waals surface area contributed by atoms with E-state index in [2.05, 4.69) is 12.2 Å². The maximum Gasteiger partial charge on any atom is 0.194 e. The summed E-state index contributed by atoms with van der Waals surface area (Å²) in [5, 5.41) is 3.17. The summed E-state index contributed by atoms with van der Waals surface area (Å²) in [5.74, 6) is -2.70. The van der Waals surface area contributed by atoms with Crippen LogP contribution in [0.15, 0.2) is 12.1 Å². The SMILES string of the molecule is CCC1CCCCC1C(NC)c1cc(F)c(F)c(F)c1. The van der Waals surface area contributed by atoms with Gasteiger partial charge in [-0.1, -0.05) is 32.6 Å². The molecule has 0 aliphatic heterocycles. The van der Waals surface area contributed by atoms with Crippen molar-refractivity contribution in [2.75, 3.05) is 7.05 Å². The summed E-state index contributed by atoms with van der Waals surface area (Å²) < 4.78 is 40.0. The first-order valence-electron chi connectivity index (χ1n) is 7.40. The van der Waals surface area contributed by atoms with Crippen LogP contribution >= 0.6 is 0 Å². The minimum atomic E-state index is -1.39. The fourth-order valence-electron chi connectivity index (χ4n) is 3.56. The topological polar surface area (TPSA) is 12.0 Å². The molecular formula is C16H22F3N. The Labute approximate surface area is 118 Å². The smallest absolute Gasteiger partial charge is 0.194 e. The van der Waals surface area contributed by atoms with Crippen molar-refractivity contribution in [1.29, 1.82) is 0 Å². The molecule has 1 saturated carbocycles. The molecule has 2 rings (SSSR count). The molecule has 0 saturated heterocycles. The van der Waals surface area contributed by atoms with Gasteiger partial charge in [-0.15, -0.1) is 0 Å². The highest BCUT2D eigenvalue weighted by atomic mass is 19.2. The predicted octanol–water partition coefficient (Wildman–Crippen LogP) is 4.58. The van der Waals surface area contributed by atoms with Crippen LogP contribution in [0.1, 0.15) is 50.6 Å². The number of hydrogen-bond donors (Lipinski definition) is 1. The van der Waals surface area contributed by atoms with Gasteiger partial charge in [0.1, 0.15) is 0 Å². The van der Waals surface area contributed by atoms with Crippen molar-refractivity contribution in [2.45, 2.75) is 45.1 Å². The van der Waals surface area contributed by atoms with Gasteiger partial charge >= 0.3 is 0 Å². The normalized spacial score (nSPS) is 24.6. The van der Waals surface area contributed by atoms with Crippen LogP contribution in [0.4, 0.5) is 13.2 Å². The molecule has 3 unspecified atom stereocenters. The van der Waals surface area contributed by atoms with E-state index in [0.29, 0.717) is 17.4 Å². The molecule has 0 spiro atoms. The molecule has 1 aromatic carbocycles. The highest BCUT2D eigenvalue weighted by Crippen LogP contribution is 2.40. The van der Waals surface area contributed by atoms with E-state index < -0.39 is 17.5 Å². The molecule has 0 bridgehead atoms. The van der Waals surface area contributed by atoms with E-state index in [0.717, 1.165) is 37.8 Å². The third kappa shape index (κ3) is 3.00. The van der Waals surface area contributed by atoms with Crippen LogP contribution in [0.25, 0.3) is 0 Å². The molecule has 20 heavy (non-hydrogen) atoms. The average Bonchev–Trinajstić information content (AvgIpc) is 2.46. The monoisotopic (exact) mass is 285 g/mol. The fourth-order valence-corrected chi connectivity index (χ4v) is 3.56. The summed E-state index contributed by atoms with van der Waals surface area (Å²) >= 11 is 0. The maximum absolute atomic E-state index is 13.4. The van der Waals surface area contributed by atoms with E-state index >= 15 is 0 Å². The first kappa shape index (κ1) is 15.4. The van der Waals surface area contributed by atoms with Gasteiger partial charge in [0, 0.05) is 6.04 Å². The molecule has 1 aliphatic carbocycles. The van der Waals surface area contributed by atoms with Gasteiger partial charge in [0.2, 0.25) is 0 Å². The molecule has 3 atom stereocenters. The first-order chi connectivity index (χ1) is 9.58. The van der Waals surface area contributed by atoms with E-state index in [1.807, 2.05) is 0 Å². The van der Waals surface area contributed by atoms with Crippen molar-refractivity contribution in [2.24, 2.45) is 11.8 Å². The number of rotatable bonds is 4. The highest BCUT2D eigenvalue weighted by Gasteiger charge is 2.31. The van der Waals surface area contributed by atoms with Gasteiger partial charge in [-0.3, -0.25) is 0 Å². The van der Waals surface area contributed by atoms with Gasteiger partial charge in [0.15, 0.2) is 17.5 Å². The van der Waals surface area contributed by atoms with Crippen molar-refractivity contribution in [3.63, 3.8) is 0 Å². The Hall–Kier alpha value is -1.03. The summed E-state index contributed by atoms with van der Waals surface area (Å²) in [7, 11) is 1.80. The van der Waals surface area contributed by atoms with E-state index in [-0.39, 0.29) is 6.04 Å². The lowest BCUT2D eigenvalue weighted by molar-refractivity contribution is 0.180. The third-order valence-electron chi connectivity index (χ3n) is 4.60. The highest BCUT2D eigenvalue weighted by molar-refractivity contribution is 5.23. The molecule has 1 aromatic rings. The Morgan fingerprint density at radius 2 is 1.75 bits per heavy atom. The van der Waals surface area contributed by atoms with E-state index in [1.165, 1.54) is 6.42 Å². The second-order valence-corrected chi connectivity index (χ2v) is 5.68. The number of halogens is 3. The molecular weight excluding hydrogens is 263 g/mol. The second-order valence-electron chi connectivity index (χ2n) is 5.68. The lowest BCUT2D eigenvalue weighted by atomic mass is 9.72. The Bertz CT molecular complexity index is 438. The van der Waals surface area contributed by atoms with E-state index in [1.54, 1.807) is 7.05 Å². The average molecular weight is 285 g/mol. The Balaban J connectivity index is 2.31. The first-order valence-corrected chi connectivity index (χ1v) is 7.40. The molecule has 1 fully saturated rings. The van der Waals surface area contributed by atoms with Crippen molar-refractivity contribution in [1.82, 2.24) is 5.32 Å². The summed E-state index contributed by atoms with van der Waals surface area (Å²) in [4.78, 5) is 0. The second kappa shape index (κ2) is 6.61. The Kier molecular flexibility index (Phi) is 5.08. The van der Waals surface area contributed by atoms with Crippen molar-refractivity contribution in [3.05, 3.63) is 35.1 Å². The third-order valence-corrected chi connectivity index (χ3v) is 4.60. The van der Waals surface area contributed by atoms with Crippen LogP contribution < -0.4 is 5.32 Å². The van der Waals surface area contributed by atoms with Crippen LogP contribution in [0.3, 0.4) is 0 Å². The number of benzene rings is 1. The summed E-state index contributed by atoms with van der Waals surface area (Å²) in [6.07, 6.45) is 5.63. The summed E-state index contributed by atoms with van der Waals surface area (Å²) in [6.45, 7) is 2.15. The van der Waals surface area contributed by atoms with Gasteiger partial charge in [-0.05, 0) is 43.0 Å². The predicted molar refractivity (Wildman–Crippen MR) is 73.9 cm³/mol. The summed E-state index contributed by atoms with van der Waals surface area (Å²) in [6, 6.07) is 2.13. The standard InChI is InChI=1S/C16H22F3N/c1-3-10-6-4-5-7-12(10)16(20-2)11-8-13(17)15(19)14(18)9-11/h8-10,12,16,20H,3-7H2,1-2H3. The van der Waals surface area contributed by atoms with Crippen LogP contribution in [0.2, 0.25) is 0 Å². The number of hydrogen-bond acceptors (Lipinski definition) is 1. The van der Waals surface area contributed by atoms with Gasteiger partial charge in [0.25, 0.3) is 0 Å². The molecule has 1 nitrogen and oxygen atoms in total. The maximum atomic E-state index is 13.4. The lowest BCUT2D eigenvalue weighted by Gasteiger charge is -2.37. The molecule has 1 aliphatic rings. The van der Waals surface area contributed by atoms with Gasteiger partial charge in [-0.25, -0.2) is 13.2 Å². The van der Waals surface area contributed by atoms with Gasteiger partial charge in [0.05, 0.1) is 0 Å². The minimum absolute atomic E-state index is 0.121. The van der Waals surface area contributed by atoms with Crippen molar-refractivity contribution < 1.29 is 13.2 Å². The van der Waals surface area contributed by atoms with Gasteiger partial charge in [-0.2, -0.15) is 0 Å². The van der Waals surface area contributed by atoms with E-state index in [4.69, 9.17) is 0 Å². The van der Waals surface area contributed by atoms with Crippen molar-refractivity contribution in [3.8, 4) is 0 Å². The van der Waals surface area contributed by atoms with Crippen LogP contribution in [0.5, 0.6) is 0 Å². The zero-order valence-corrected chi connectivity index (χ0v) is 12.1. The van der Waals surface area contributed by atoms with Crippen LogP contribution in [0, 0.1) is 29.3 Å². The molecule has 1 N–H and O–H groups in total. The molecule has 0 aromatic heterocycles. The lowest BCUT2D eigenvalue weighted by Crippen LogP contribution is -2.32. The molecule has 112 valence electrons. The molecule has 0 heterocycles. The Morgan fingerprint density at radius 1 is 1.15 bits per heavy atom. The van der Waals surface area contributed by atoms with Gasteiger partial charge < -0.3 is 5.32 Å². The summed E-state index contributed by atoms with van der Waals surface area (Å²) in [5.41, 5.74) is 0.509. The minimum Gasteiger partial charge on any atom is -0.313 e. The molecule has 4 heteroatoms. The molecule has 0 radical (unpaired) electrons. The zero-order chi connectivity index (χ0) is 14.7. The Morgan fingerprint density at radius 3 is 2.30 bits per heavy atom. The van der Waals surface area contributed by atoms with E-state index in [9.17, 15) is 13.2 Å². The number of nitrogens with one attached hydrogen (secondary N) is 1. The van der Waals surface area contributed by atoms with Crippen molar-refractivity contribution >= 4 is 0 Å².